The third-order valence-corrected chi connectivity index (χ3v) is 4.72. The number of amides is 1. The summed E-state index contributed by atoms with van der Waals surface area (Å²) in [5, 5.41) is 7.31. The topological polar surface area (TPSA) is 92.2 Å². The van der Waals surface area contributed by atoms with Crippen LogP contribution in [0.2, 0.25) is 0 Å². The van der Waals surface area contributed by atoms with Crippen molar-refractivity contribution in [1.29, 1.82) is 0 Å². The molecule has 7 nitrogen and oxygen atoms in total. The summed E-state index contributed by atoms with van der Waals surface area (Å²) < 4.78 is 1.45. The highest BCUT2D eigenvalue weighted by molar-refractivity contribution is 5.95. The molecule has 3 aromatic heterocycles. The molecular weight excluding hydrogens is 354 g/mol. The molecular formula is C21H19N5O2. The second-order valence-electron chi connectivity index (χ2n) is 6.70. The molecule has 4 rings (SSSR count). The van der Waals surface area contributed by atoms with E-state index in [-0.39, 0.29) is 11.5 Å². The van der Waals surface area contributed by atoms with Crippen LogP contribution in [-0.4, -0.2) is 25.5 Å². The van der Waals surface area contributed by atoms with Gasteiger partial charge in [-0.3, -0.25) is 14.6 Å². The summed E-state index contributed by atoms with van der Waals surface area (Å²) in [6, 6.07) is 11.1. The van der Waals surface area contributed by atoms with E-state index in [0.717, 1.165) is 16.7 Å². The highest BCUT2D eigenvalue weighted by Crippen LogP contribution is 2.18. The van der Waals surface area contributed by atoms with Crippen LogP contribution in [0.5, 0.6) is 0 Å². The fraction of sp³-hybridized carbons (Fsp3) is 0.143. The van der Waals surface area contributed by atoms with Crippen molar-refractivity contribution in [3.63, 3.8) is 0 Å². The summed E-state index contributed by atoms with van der Waals surface area (Å²) in [4.78, 5) is 31.7. The average molecular weight is 373 g/mol. The molecule has 0 atom stereocenters. The predicted octanol–water partition coefficient (Wildman–Crippen LogP) is 2.63. The lowest BCUT2D eigenvalue weighted by atomic mass is 10.1. The summed E-state index contributed by atoms with van der Waals surface area (Å²) >= 11 is 0. The Morgan fingerprint density at radius 3 is 2.64 bits per heavy atom. The zero-order valence-corrected chi connectivity index (χ0v) is 15.6. The Labute approximate surface area is 161 Å². The number of benzene rings is 1. The van der Waals surface area contributed by atoms with Gasteiger partial charge in [0.15, 0.2) is 5.82 Å². The third-order valence-electron chi connectivity index (χ3n) is 4.72. The van der Waals surface area contributed by atoms with Gasteiger partial charge >= 0.3 is 0 Å². The lowest BCUT2D eigenvalue weighted by molar-refractivity contribution is 0.0951. The first-order valence-corrected chi connectivity index (χ1v) is 8.89. The van der Waals surface area contributed by atoms with Crippen molar-refractivity contribution in [3.05, 3.63) is 87.6 Å². The predicted molar refractivity (Wildman–Crippen MR) is 106 cm³/mol. The maximum Gasteiger partial charge on any atom is 0.275 e. The number of fused-ring (bicyclic) bond motifs is 1. The zero-order chi connectivity index (χ0) is 19.7. The minimum atomic E-state index is -0.295. The Bertz CT molecular complexity index is 1220. The number of aromatic nitrogens is 4. The van der Waals surface area contributed by atoms with E-state index in [0.29, 0.717) is 23.4 Å². The van der Waals surface area contributed by atoms with Gasteiger partial charge in [0.2, 0.25) is 0 Å². The number of H-pyrrole nitrogens is 1. The maximum atomic E-state index is 12.5. The van der Waals surface area contributed by atoms with Crippen LogP contribution >= 0.6 is 0 Å². The third kappa shape index (κ3) is 3.42. The second kappa shape index (κ2) is 7.11. The van der Waals surface area contributed by atoms with Gasteiger partial charge in [0.25, 0.3) is 11.5 Å². The normalized spacial score (nSPS) is 10.9. The second-order valence-corrected chi connectivity index (χ2v) is 6.70. The maximum absolute atomic E-state index is 12.5. The number of aryl methyl sites for hydroxylation is 2. The molecule has 1 amide bonds. The van der Waals surface area contributed by atoms with E-state index in [4.69, 9.17) is 0 Å². The van der Waals surface area contributed by atoms with E-state index in [9.17, 15) is 9.59 Å². The number of nitrogens with zero attached hydrogens (tertiary/aromatic N) is 3. The molecule has 7 heteroatoms. The van der Waals surface area contributed by atoms with Gasteiger partial charge in [-0.1, -0.05) is 12.1 Å². The number of rotatable bonds is 4. The molecule has 2 N–H and O–H groups in total. The van der Waals surface area contributed by atoms with Gasteiger partial charge in [-0.15, -0.1) is 5.10 Å². The van der Waals surface area contributed by atoms with Gasteiger partial charge in [-0.25, -0.2) is 4.52 Å². The van der Waals surface area contributed by atoms with Crippen LogP contribution in [0.3, 0.4) is 0 Å². The molecule has 0 radical (unpaired) electrons. The molecule has 0 aliphatic rings. The van der Waals surface area contributed by atoms with Crippen LogP contribution < -0.4 is 10.9 Å². The molecule has 0 bridgehead atoms. The average Bonchev–Trinajstić information content (AvgIpc) is 3.14. The summed E-state index contributed by atoms with van der Waals surface area (Å²) in [6.45, 7) is 4.42. The standard InChI is InChI=1S/C21H19N5O2/c1-13-3-4-16(9-14(13)2)19-24-21(28)18-10-17(12-26(18)25-19)20(27)23-11-15-5-7-22-8-6-15/h3-10,12H,11H2,1-2H3,(H,23,27)(H,24,25,28). The molecule has 1 aromatic carbocycles. The van der Waals surface area contributed by atoms with Crippen LogP contribution in [0.1, 0.15) is 27.0 Å². The lowest BCUT2D eigenvalue weighted by Gasteiger charge is -2.05. The van der Waals surface area contributed by atoms with E-state index in [2.05, 4.69) is 20.4 Å². The molecule has 4 aromatic rings. The molecule has 0 unspecified atom stereocenters. The van der Waals surface area contributed by atoms with E-state index >= 15 is 0 Å². The van der Waals surface area contributed by atoms with Crippen molar-refractivity contribution in [3.8, 4) is 11.4 Å². The Morgan fingerprint density at radius 1 is 1.11 bits per heavy atom. The molecule has 0 saturated heterocycles. The number of hydrogen-bond acceptors (Lipinski definition) is 4. The van der Waals surface area contributed by atoms with Crippen molar-refractivity contribution < 1.29 is 4.79 Å². The van der Waals surface area contributed by atoms with Crippen molar-refractivity contribution >= 4 is 11.4 Å². The summed E-state index contributed by atoms with van der Waals surface area (Å²) in [6.07, 6.45) is 4.91. The fourth-order valence-corrected chi connectivity index (χ4v) is 2.94. The van der Waals surface area contributed by atoms with E-state index in [1.807, 2.05) is 44.2 Å². The number of hydrogen-bond donors (Lipinski definition) is 2. The highest BCUT2D eigenvalue weighted by Gasteiger charge is 2.13. The van der Waals surface area contributed by atoms with E-state index in [1.165, 1.54) is 16.1 Å². The number of nitrogens with one attached hydrogen (secondary N) is 2. The monoisotopic (exact) mass is 373 g/mol. The van der Waals surface area contributed by atoms with E-state index < -0.39 is 0 Å². The van der Waals surface area contributed by atoms with Crippen LogP contribution in [0.4, 0.5) is 0 Å². The molecule has 28 heavy (non-hydrogen) atoms. The van der Waals surface area contributed by atoms with E-state index in [1.54, 1.807) is 18.6 Å². The summed E-state index contributed by atoms with van der Waals surface area (Å²) in [5.41, 5.74) is 4.45. The number of aromatic amines is 1. The first-order chi connectivity index (χ1) is 13.5. The highest BCUT2D eigenvalue weighted by atomic mass is 16.1. The van der Waals surface area contributed by atoms with Crippen molar-refractivity contribution in [2.24, 2.45) is 0 Å². The minimum absolute atomic E-state index is 0.269. The quantitative estimate of drug-likeness (QED) is 0.575. The number of carbonyl (C=O) groups is 1. The van der Waals surface area contributed by atoms with Crippen molar-refractivity contribution in [1.82, 2.24) is 24.9 Å². The molecule has 3 heterocycles. The Morgan fingerprint density at radius 2 is 1.89 bits per heavy atom. The number of carbonyl (C=O) groups excluding carboxylic acids is 1. The van der Waals surface area contributed by atoms with Crippen molar-refractivity contribution in [2.45, 2.75) is 20.4 Å². The Kier molecular flexibility index (Phi) is 4.49. The van der Waals surface area contributed by atoms with Crippen LogP contribution in [0.25, 0.3) is 16.9 Å². The number of pyridine rings is 1. The Balaban J connectivity index is 1.63. The zero-order valence-electron chi connectivity index (χ0n) is 15.6. The van der Waals surface area contributed by atoms with Gasteiger partial charge in [-0.05, 0) is 54.8 Å². The SMILES string of the molecule is Cc1ccc(-c2nn3cc(C(=O)NCc4ccncc4)cc3c(=O)[nH]2)cc1C. The Hall–Kier alpha value is -3.74. The van der Waals surface area contributed by atoms with Gasteiger partial charge in [-0.2, -0.15) is 0 Å². The first-order valence-electron chi connectivity index (χ1n) is 8.89. The van der Waals surface area contributed by atoms with Gasteiger partial charge in [0.1, 0.15) is 5.52 Å². The van der Waals surface area contributed by atoms with Crippen LogP contribution in [0.15, 0.2) is 59.8 Å². The van der Waals surface area contributed by atoms with Gasteiger partial charge < -0.3 is 10.3 Å². The minimum Gasteiger partial charge on any atom is -0.348 e. The summed E-state index contributed by atoms with van der Waals surface area (Å²) in [7, 11) is 0. The molecule has 0 spiro atoms. The van der Waals surface area contributed by atoms with Crippen molar-refractivity contribution in [2.75, 3.05) is 0 Å². The van der Waals surface area contributed by atoms with Gasteiger partial charge in [0, 0.05) is 30.7 Å². The first kappa shape index (κ1) is 17.7. The fourth-order valence-electron chi connectivity index (χ4n) is 2.94. The van der Waals surface area contributed by atoms with Crippen LogP contribution in [0, 0.1) is 13.8 Å². The molecule has 0 saturated carbocycles. The lowest BCUT2D eigenvalue weighted by Crippen LogP contribution is -2.22. The van der Waals surface area contributed by atoms with Crippen LogP contribution in [-0.2, 0) is 6.54 Å². The smallest absolute Gasteiger partial charge is 0.275 e. The summed E-state index contributed by atoms with van der Waals surface area (Å²) in [5.74, 6) is 0.189. The largest absolute Gasteiger partial charge is 0.348 e. The van der Waals surface area contributed by atoms with Gasteiger partial charge in [0.05, 0.1) is 5.56 Å². The molecule has 0 aliphatic heterocycles. The molecule has 0 aliphatic carbocycles. The molecule has 140 valence electrons. The molecule has 0 fully saturated rings.